The summed E-state index contributed by atoms with van der Waals surface area (Å²) in [4.78, 5) is 28.4. The summed E-state index contributed by atoms with van der Waals surface area (Å²) in [6.07, 6.45) is 1.62. The smallest absolute Gasteiger partial charge is 0.256 e. The van der Waals surface area contributed by atoms with Gasteiger partial charge >= 0.3 is 0 Å². The van der Waals surface area contributed by atoms with Gasteiger partial charge < -0.3 is 14.8 Å². The maximum Gasteiger partial charge on any atom is 0.256 e. The van der Waals surface area contributed by atoms with Crippen LogP contribution in [0.5, 0.6) is 11.5 Å². The Hall–Kier alpha value is -3.14. The molecule has 4 atom stereocenters. The molecule has 6 rings (SSSR count). The van der Waals surface area contributed by atoms with Crippen LogP contribution in [0.2, 0.25) is 5.02 Å². The van der Waals surface area contributed by atoms with Crippen LogP contribution in [0, 0.1) is 10.1 Å². The summed E-state index contributed by atoms with van der Waals surface area (Å²) in [5, 5.41) is 16.4. The number of halogens is 2. The van der Waals surface area contributed by atoms with Gasteiger partial charge in [-0.3, -0.25) is 19.8 Å². The van der Waals surface area contributed by atoms with Gasteiger partial charge in [0.2, 0.25) is 0 Å². The van der Waals surface area contributed by atoms with E-state index >= 15 is 0 Å². The van der Waals surface area contributed by atoms with Crippen molar-refractivity contribution in [1.82, 2.24) is 4.90 Å². The number of carbonyl (C=O) groups is 1. The minimum atomic E-state index is -1.37. The van der Waals surface area contributed by atoms with Gasteiger partial charge in [-0.25, -0.2) is 0 Å². The highest BCUT2D eigenvalue weighted by Crippen LogP contribution is 2.58. The molecule has 8 nitrogen and oxygen atoms in total. The number of hydrogen-bond donors (Lipinski definition) is 1. The fourth-order valence-electron chi connectivity index (χ4n) is 6.72. The Labute approximate surface area is 239 Å². The van der Waals surface area contributed by atoms with E-state index in [0.717, 1.165) is 24.0 Å². The summed E-state index contributed by atoms with van der Waals surface area (Å²) in [5.41, 5.74) is 1.51. The van der Waals surface area contributed by atoms with E-state index in [2.05, 4.69) is 26.1 Å². The molecule has 1 spiro atoms. The highest BCUT2D eigenvalue weighted by molar-refractivity contribution is 9.10. The molecule has 0 unspecified atom stereocenters. The zero-order valence-electron chi connectivity index (χ0n) is 21.2. The Bertz CT molecular complexity index is 1470. The second-order valence-electron chi connectivity index (χ2n) is 10.1. The Morgan fingerprint density at radius 1 is 1.18 bits per heavy atom. The number of ether oxygens (including phenoxy) is 2. The summed E-state index contributed by atoms with van der Waals surface area (Å²) < 4.78 is 12.8. The normalized spacial score (nSPS) is 25.4. The van der Waals surface area contributed by atoms with Gasteiger partial charge in [-0.2, -0.15) is 0 Å². The Kier molecular flexibility index (Phi) is 6.77. The Morgan fingerprint density at radius 3 is 2.72 bits per heavy atom. The van der Waals surface area contributed by atoms with Crippen LogP contribution >= 0.6 is 27.5 Å². The molecule has 0 aliphatic carbocycles. The molecule has 3 aromatic carbocycles. The van der Waals surface area contributed by atoms with Gasteiger partial charge in [-0.05, 0) is 65.5 Å². The third-order valence-electron chi connectivity index (χ3n) is 8.14. The fraction of sp³-hybridized carbons (Fsp3) is 0.345. The molecule has 10 heteroatoms. The summed E-state index contributed by atoms with van der Waals surface area (Å²) in [7, 11) is 0. The highest BCUT2D eigenvalue weighted by atomic mass is 79.9. The van der Waals surface area contributed by atoms with Crippen LogP contribution in [0.25, 0.3) is 0 Å². The molecule has 39 heavy (non-hydrogen) atoms. The standard InChI is InChI=1S/C29H27BrClN3O5/c1-2-38-24-15-18(14-20(30)26(24)39-16-17-8-3-5-10-21(17)31)25-23-12-7-13-33(23)29(27(25)34(36)37)19-9-4-6-11-22(19)32-28(29)35/h3-6,8-11,14-15,23,25,27H,2,7,12-13,16H2,1H3,(H,32,35)/t23-,25+,27-,29-/m0/s1. The molecular weight excluding hydrogens is 586 g/mol. The molecule has 1 amide bonds. The second-order valence-corrected chi connectivity index (χ2v) is 11.3. The van der Waals surface area contributed by atoms with Crippen molar-refractivity contribution in [3.63, 3.8) is 0 Å². The van der Waals surface area contributed by atoms with E-state index in [-0.39, 0.29) is 23.5 Å². The maximum absolute atomic E-state index is 13.7. The first-order valence-corrected chi connectivity index (χ1v) is 14.2. The van der Waals surface area contributed by atoms with Crippen LogP contribution in [-0.4, -0.2) is 41.0 Å². The number of fused-ring (bicyclic) bond motifs is 4. The Morgan fingerprint density at radius 2 is 1.95 bits per heavy atom. The lowest BCUT2D eigenvalue weighted by Crippen LogP contribution is -2.55. The molecule has 2 fully saturated rings. The number of para-hydroxylation sites is 1. The van der Waals surface area contributed by atoms with E-state index < -0.39 is 17.5 Å². The molecule has 2 saturated heterocycles. The monoisotopic (exact) mass is 611 g/mol. The minimum absolute atomic E-state index is 0.173. The predicted octanol–water partition coefficient (Wildman–Crippen LogP) is 6.13. The number of rotatable bonds is 7. The number of benzene rings is 3. The molecule has 202 valence electrons. The van der Waals surface area contributed by atoms with Crippen molar-refractivity contribution in [3.8, 4) is 11.5 Å². The third-order valence-corrected chi connectivity index (χ3v) is 9.10. The molecule has 0 radical (unpaired) electrons. The van der Waals surface area contributed by atoms with Crippen LogP contribution in [0.15, 0.2) is 65.1 Å². The molecule has 3 heterocycles. The van der Waals surface area contributed by atoms with Gasteiger partial charge in [-0.1, -0.05) is 48.0 Å². The average Bonchev–Trinajstić information content (AvgIpc) is 3.57. The molecule has 3 aliphatic rings. The Balaban J connectivity index is 1.45. The van der Waals surface area contributed by atoms with E-state index in [1.807, 2.05) is 61.5 Å². The number of hydrogen-bond acceptors (Lipinski definition) is 6. The first-order valence-electron chi connectivity index (χ1n) is 13.0. The number of anilines is 1. The van der Waals surface area contributed by atoms with Crippen molar-refractivity contribution in [1.29, 1.82) is 0 Å². The molecule has 1 N–H and O–H groups in total. The van der Waals surface area contributed by atoms with E-state index in [1.165, 1.54) is 0 Å². The zero-order chi connectivity index (χ0) is 27.3. The molecule has 3 aromatic rings. The number of nitrogens with zero attached hydrogens (tertiary/aromatic N) is 2. The van der Waals surface area contributed by atoms with Gasteiger partial charge in [0.25, 0.3) is 11.9 Å². The summed E-state index contributed by atoms with van der Waals surface area (Å²) in [6.45, 7) is 3.11. The van der Waals surface area contributed by atoms with Crippen molar-refractivity contribution < 1.29 is 19.2 Å². The summed E-state index contributed by atoms with van der Waals surface area (Å²) in [5.74, 6) is 0.118. The predicted molar refractivity (Wildman–Crippen MR) is 151 cm³/mol. The summed E-state index contributed by atoms with van der Waals surface area (Å²) in [6, 6.07) is 17.1. The van der Waals surface area contributed by atoms with Crippen LogP contribution in [0.3, 0.4) is 0 Å². The molecule has 3 aliphatic heterocycles. The number of nitro groups is 1. The van der Waals surface area contributed by atoms with E-state index in [0.29, 0.717) is 45.4 Å². The van der Waals surface area contributed by atoms with Gasteiger partial charge in [0.1, 0.15) is 6.61 Å². The van der Waals surface area contributed by atoms with Gasteiger partial charge in [0.05, 0.1) is 17.0 Å². The number of nitrogens with one attached hydrogen (secondary N) is 1. The topological polar surface area (TPSA) is 93.9 Å². The first-order chi connectivity index (χ1) is 18.9. The average molecular weight is 613 g/mol. The van der Waals surface area contributed by atoms with E-state index in [4.69, 9.17) is 21.1 Å². The van der Waals surface area contributed by atoms with Gasteiger partial charge in [0, 0.05) is 39.3 Å². The highest BCUT2D eigenvalue weighted by Gasteiger charge is 2.73. The minimum Gasteiger partial charge on any atom is -0.490 e. The third kappa shape index (κ3) is 4.01. The van der Waals surface area contributed by atoms with Crippen molar-refractivity contribution in [2.24, 2.45) is 0 Å². The van der Waals surface area contributed by atoms with Gasteiger partial charge in [0.15, 0.2) is 17.0 Å². The quantitative estimate of drug-likeness (QED) is 0.255. The summed E-state index contributed by atoms with van der Waals surface area (Å²) >= 11 is 9.97. The number of carbonyl (C=O) groups excluding carboxylic acids is 1. The molecular formula is C29H27BrClN3O5. The largest absolute Gasteiger partial charge is 0.490 e. The lowest BCUT2D eigenvalue weighted by atomic mass is 9.77. The first kappa shape index (κ1) is 26.1. The van der Waals surface area contributed by atoms with Crippen LogP contribution < -0.4 is 14.8 Å². The number of amides is 1. The molecule has 0 bridgehead atoms. The van der Waals surface area contributed by atoms with Crippen molar-refractivity contribution >= 4 is 39.1 Å². The second kappa shape index (κ2) is 10.1. The molecule has 0 saturated carbocycles. The zero-order valence-corrected chi connectivity index (χ0v) is 23.6. The lowest BCUT2D eigenvalue weighted by molar-refractivity contribution is -0.534. The molecule has 0 aromatic heterocycles. The lowest BCUT2D eigenvalue weighted by Gasteiger charge is -2.32. The maximum atomic E-state index is 13.7. The fourth-order valence-corrected chi connectivity index (χ4v) is 7.49. The van der Waals surface area contributed by atoms with Crippen LogP contribution in [0.4, 0.5) is 5.69 Å². The van der Waals surface area contributed by atoms with Crippen molar-refractivity contribution in [2.75, 3.05) is 18.5 Å². The van der Waals surface area contributed by atoms with E-state index in [1.54, 1.807) is 6.07 Å². The van der Waals surface area contributed by atoms with Crippen LogP contribution in [0.1, 0.15) is 42.4 Å². The van der Waals surface area contributed by atoms with E-state index in [9.17, 15) is 14.9 Å². The van der Waals surface area contributed by atoms with Crippen LogP contribution in [-0.2, 0) is 16.9 Å². The van der Waals surface area contributed by atoms with Crippen molar-refractivity contribution in [3.05, 3.63) is 97.0 Å². The SMILES string of the molecule is CCOc1cc([C@H]2[C@H]([N+](=O)[O-])[C@@]3(C(=O)Nc4ccccc43)N3CCC[C@@H]23)cc(Br)c1OCc1ccccc1Cl. The van der Waals surface area contributed by atoms with Crippen molar-refractivity contribution in [2.45, 2.75) is 49.9 Å². The van der Waals surface area contributed by atoms with Gasteiger partial charge in [-0.15, -0.1) is 0 Å².